The van der Waals surface area contributed by atoms with Gasteiger partial charge in [0.25, 0.3) is 0 Å². The predicted molar refractivity (Wildman–Crippen MR) is 35.5 cm³/mol. The van der Waals surface area contributed by atoms with Crippen molar-refractivity contribution in [1.29, 1.82) is 5.26 Å². The van der Waals surface area contributed by atoms with Crippen LogP contribution in [0.3, 0.4) is 0 Å². The van der Waals surface area contributed by atoms with Gasteiger partial charge < -0.3 is 19.8 Å². The first kappa shape index (κ1) is 13.7. The van der Waals surface area contributed by atoms with Gasteiger partial charge in [-0.2, -0.15) is 5.26 Å². The van der Waals surface area contributed by atoms with Crippen LogP contribution in [0.1, 0.15) is 19.8 Å². The number of carboxylic acid groups (broad SMARTS) is 2. The van der Waals surface area contributed by atoms with E-state index in [0.717, 1.165) is 0 Å². The minimum atomic E-state index is -1.32. The number of ketones is 1. The number of carbonyl (C=O) groups excluding carboxylic acids is 3. The van der Waals surface area contributed by atoms with E-state index in [1.165, 1.54) is 13.0 Å². The molecule has 0 fully saturated rings. The SMILES string of the molecule is CC(=O)CC(=O)[O-].N#CCC(=O)[O-]. The van der Waals surface area contributed by atoms with E-state index in [4.69, 9.17) is 5.26 Å². The third-order valence-corrected chi connectivity index (χ3v) is 0.617. The molecule has 0 unspecified atom stereocenters. The number of hydrogen-bond donors (Lipinski definition) is 0. The van der Waals surface area contributed by atoms with Crippen LogP contribution in [0.2, 0.25) is 0 Å². The molecule has 6 nitrogen and oxygen atoms in total. The monoisotopic (exact) mass is 185 g/mol. The van der Waals surface area contributed by atoms with Crippen molar-refractivity contribution in [1.82, 2.24) is 0 Å². The van der Waals surface area contributed by atoms with Gasteiger partial charge in [-0.3, -0.25) is 4.79 Å². The summed E-state index contributed by atoms with van der Waals surface area (Å²) in [5.74, 6) is -3.01. The summed E-state index contributed by atoms with van der Waals surface area (Å²) in [6, 6.07) is 1.41. The zero-order valence-corrected chi connectivity index (χ0v) is 6.90. The van der Waals surface area contributed by atoms with E-state index in [1.807, 2.05) is 0 Å². The van der Waals surface area contributed by atoms with Crippen molar-refractivity contribution in [2.24, 2.45) is 0 Å². The van der Waals surface area contributed by atoms with E-state index < -0.39 is 24.8 Å². The van der Waals surface area contributed by atoms with E-state index >= 15 is 0 Å². The highest BCUT2D eigenvalue weighted by Gasteiger charge is 1.88. The van der Waals surface area contributed by atoms with E-state index in [1.54, 1.807) is 0 Å². The molecule has 0 aliphatic rings. The van der Waals surface area contributed by atoms with Crippen LogP contribution in [-0.2, 0) is 14.4 Å². The smallest absolute Gasteiger partial charge is 0.135 e. The van der Waals surface area contributed by atoms with Crippen molar-refractivity contribution in [3.05, 3.63) is 0 Å². The minimum Gasteiger partial charge on any atom is -0.550 e. The van der Waals surface area contributed by atoms with Crippen LogP contribution in [0, 0.1) is 11.3 Å². The number of aliphatic carboxylic acids is 2. The lowest BCUT2D eigenvalue weighted by molar-refractivity contribution is -0.305. The number of rotatable bonds is 3. The summed E-state index contributed by atoms with van der Waals surface area (Å²) < 4.78 is 0. The number of hydrogen-bond acceptors (Lipinski definition) is 6. The Morgan fingerprint density at radius 1 is 1.23 bits per heavy atom. The van der Waals surface area contributed by atoms with E-state index in [-0.39, 0.29) is 5.78 Å². The van der Waals surface area contributed by atoms with E-state index in [0.29, 0.717) is 0 Å². The molecule has 0 aliphatic heterocycles. The quantitative estimate of drug-likeness (QED) is 0.443. The highest BCUT2D eigenvalue weighted by molar-refractivity contribution is 5.92. The molecule has 0 amide bonds. The highest BCUT2D eigenvalue weighted by Crippen LogP contribution is 1.74. The molecule has 0 saturated heterocycles. The Hall–Kier alpha value is -1.90. The van der Waals surface area contributed by atoms with Crippen molar-refractivity contribution in [2.75, 3.05) is 0 Å². The molecule has 0 rings (SSSR count). The summed E-state index contributed by atoms with van der Waals surface area (Å²) in [6.07, 6.45) is -0.986. The standard InChI is InChI=1S/C4H6O3.C3H3NO2/c1-3(5)2-4(6)7;4-2-1-3(5)6/h2H2,1H3,(H,6,7);1H2,(H,5,6)/p-2. The second-order valence-electron chi connectivity index (χ2n) is 1.96. The first-order valence-corrected chi connectivity index (χ1v) is 3.16. The summed E-state index contributed by atoms with van der Waals surface area (Å²) in [5, 5.41) is 26.3. The van der Waals surface area contributed by atoms with Crippen molar-refractivity contribution < 1.29 is 24.6 Å². The van der Waals surface area contributed by atoms with Gasteiger partial charge in [0.05, 0.1) is 18.5 Å². The Bertz CT molecular complexity index is 228. The third kappa shape index (κ3) is 25.5. The summed E-state index contributed by atoms with van der Waals surface area (Å²) in [4.78, 5) is 28.6. The molecule has 0 aromatic carbocycles. The van der Waals surface area contributed by atoms with Crippen LogP contribution < -0.4 is 10.2 Å². The average Bonchev–Trinajstić information content (AvgIpc) is 1.83. The molecule has 0 spiro atoms. The molecule has 0 heterocycles. The number of nitriles is 1. The Morgan fingerprint density at radius 3 is 1.69 bits per heavy atom. The average molecular weight is 185 g/mol. The Balaban J connectivity index is 0. The Labute approximate surface area is 74.4 Å². The summed E-state index contributed by atoms with van der Waals surface area (Å²) in [6.45, 7) is 1.20. The first-order valence-electron chi connectivity index (χ1n) is 3.16. The number of Topliss-reactive ketones (excluding diaryl/α,β-unsaturated/α-hetero) is 1. The van der Waals surface area contributed by atoms with Gasteiger partial charge in [-0.1, -0.05) is 0 Å². The number of carbonyl (C=O) groups is 3. The zero-order valence-electron chi connectivity index (χ0n) is 6.90. The second-order valence-corrected chi connectivity index (χ2v) is 1.96. The van der Waals surface area contributed by atoms with Crippen molar-refractivity contribution >= 4 is 17.7 Å². The van der Waals surface area contributed by atoms with Crippen molar-refractivity contribution in [3.63, 3.8) is 0 Å². The fraction of sp³-hybridized carbons (Fsp3) is 0.429. The van der Waals surface area contributed by atoms with Crippen LogP contribution in [0.5, 0.6) is 0 Å². The first-order chi connectivity index (χ1) is 5.90. The minimum absolute atomic E-state index is 0.375. The van der Waals surface area contributed by atoms with E-state index in [9.17, 15) is 24.6 Å². The highest BCUT2D eigenvalue weighted by atomic mass is 16.4. The van der Waals surface area contributed by atoms with Crippen LogP contribution in [0.25, 0.3) is 0 Å². The van der Waals surface area contributed by atoms with Gasteiger partial charge in [0.15, 0.2) is 0 Å². The molecule has 72 valence electrons. The number of nitrogens with zero attached hydrogens (tertiary/aromatic N) is 1. The van der Waals surface area contributed by atoms with Gasteiger partial charge in [0.1, 0.15) is 5.78 Å². The summed E-state index contributed by atoms with van der Waals surface area (Å²) >= 11 is 0. The molecule has 0 N–H and O–H groups in total. The van der Waals surface area contributed by atoms with Crippen molar-refractivity contribution in [3.8, 4) is 6.07 Å². The molecule has 6 heteroatoms. The zero-order chi connectivity index (χ0) is 10.9. The molecule has 13 heavy (non-hydrogen) atoms. The predicted octanol–water partition coefficient (Wildman–Crippen LogP) is -2.63. The molecule has 0 aliphatic carbocycles. The molecule has 0 bridgehead atoms. The molecule has 0 atom stereocenters. The third-order valence-electron chi connectivity index (χ3n) is 0.617. The molecule has 0 saturated carbocycles. The summed E-state index contributed by atoms with van der Waals surface area (Å²) in [7, 11) is 0. The fourth-order valence-electron chi connectivity index (χ4n) is 0.268. The maximum atomic E-state index is 9.83. The van der Waals surface area contributed by atoms with Crippen LogP contribution in [0.15, 0.2) is 0 Å². The maximum Gasteiger partial charge on any atom is 0.135 e. The van der Waals surface area contributed by atoms with Gasteiger partial charge in [0.2, 0.25) is 0 Å². The summed E-state index contributed by atoms with van der Waals surface area (Å²) in [5.41, 5.74) is 0. The Morgan fingerprint density at radius 2 is 1.69 bits per heavy atom. The maximum absolute atomic E-state index is 9.83. The lowest BCUT2D eigenvalue weighted by Gasteiger charge is -1.92. The van der Waals surface area contributed by atoms with Crippen LogP contribution >= 0.6 is 0 Å². The lowest BCUT2D eigenvalue weighted by atomic mass is 10.3. The lowest BCUT2D eigenvalue weighted by Crippen LogP contribution is -2.24. The second kappa shape index (κ2) is 8.20. The molecular formula is C7H7NO5-2. The normalized spacial score (nSPS) is 7.38. The van der Waals surface area contributed by atoms with Crippen LogP contribution in [0.4, 0.5) is 0 Å². The van der Waals surface area contributed by atoms with Gasteiger partial charge in [-0.25, -0.2) is 0 Å². The van der Waals surface area contributed by atoms with E-state index in [2.05, 4.69) is 0 Å². The van der Waals surface area contributed by atoms with Gasteiger partial charge in [-0.15, -0.1) is 0 Å². The molecule has 0 aromatic heterocycles. The van der Waals surface area contributed by atoms with Gasteiger partial charge in [0, 0.05) is 12.4 Å². The molecule has 0 radical (unpaired) electrons. The number of carboxylic acids is 2. The molecule has 0 aromatic rings. The Kier molecular flexibility index (Phi) is 8.62. The topological polar surface area (TPSA) is 121 Å². The van der Waals surface area contributed by atoms with Crippen molar-refractivity contribution in [2.45, 2.75) is 19.8 Å². The molecular weight excluding hydrogens is 178 g/mol. The largest absolute Gasteiger partial charge is 0.550 e. The van der Waals surface area contributed by atoms with Gasteiger partial charge >= 0.3 is 0 Å². The van der Waals surface area contributed by atoms with Gasteiger partial charge in [-0.05, 0) is 6.92 Å². The fourth-order valence-corrected chi connectivity index (χ4v) is 0.268. The van der Waals surface area contributed by atoms with Crippen LogP contribution in [-0.4, -0.2) is 17.7 Å².